The van der Waals surface area contributed by atoms with E-state index in [0.29, 0.717) is 29.3 Å². The Bertz CT molecular complexity index is 951. The van der Waals surface area contributed by atoms with Gasteiger partial charge in [0, 0.05) is 18.8 Å². The Kier molecular flexibility index (Phi) is 5.19. The number of hydrogen-bond donors (Lipinski definition) is 1. The van der Waals surface area contributed by atoms with Gasteiger partial charge in [0.2, 0.25) is 10.0 Å². The van der Waals surface area contributed by atoms with Crippen molar-refractivity contribution >= 4 is 37.1 Å². The van der Waals surface area contributed by atoms with Crippen LogP contribution in [0.4, 0.5) is 5.69 Å². The summed E-state index contributed by atoms with van der Waals surface area (Å²) in [5.74, 6) is 0.0585. The molecule has 0 aliphatic carbocycles. The largest absolute Gasteiger partial charge is 0.284 e. The first-order chi connectivity index (χ1) is 11.8. The van der Waals surface area contributed by atoms with Crippen LogP contribution in [0.1, 0.15) is 24.5 Å². The van der Waals surface area contributed by atoms with Crippen LogP contribution in [0.2, 0.25) is 0 Å². The van der Waals surface area contributed by atoms with Crippen LogP contribution >= 0.6 is 11.3 Å². The summed E-state index contributed by atoms with van der Waals surface area (Å²) in [6.45, 7) is 2.48. The molecule has 0 atom stereocenters. The average Bonchev–Trinajstić information content (AvgIpc) is 3.09. The molecule has 1 aliphatic rings. The summed E-state index contributed by atoms with van der Waals surface area (Å²) in [5.41, 5.74) is 2.36. The van der Waals surface area contributed by atoms with E-state index in [1.807, 2.05) is 6.07 Å². The van der Waals surface area contributed by atoms with E-state index < -0.39 is 20.0 Å². The van der Waals surface area contributed by atoms with Crippen molar-refractivity contribution in [2.45, 2.75) is 30.5 Å². The second kappa shape index (κ2) is 7.06. The van der Waals surface area contributed by atoms with E-state index in [-0.39, 0.29) is 12.3 Å². The maximum absolute atomic E-state index is 12.7. The van der Waals surface area contributed by atoms with Crippen molar-refractivity contribution in [1.29, 1.82) is 0 Å². The van der Waals surface area contributed by atoms with E-state index in [1.54, 1.807) is 36.6 Å². The Labute approximate surface area is 152 Å². The minimum absolute atomic E-state index is 0.0585. The molecular formula is C16H20N2O4S3. The van der Waals surface area contributed by atoms with E-state index in [0.717, 1.165) is 11.1 Å². The molecule has 0 bridgehead atoms. The van der Waals surface area contributed by atoms with Crippen LogP contribution in [-0.4, -0.2) is 33.4 Å². The van der Waals surface area contributed by atoms with E-state index in [9.17, 15) is 16.8 Å². The monoisotopic (exact) mass is 400 g/mol. The minimum atomic E-state index is -3.50. The van der Waals surface area contributed by atoms with Gasteiger partial charge < -0.3 is 0 Å². The van der Waals surface area contributed by atoms with Crippen molar-refractivity contribution in [1.82, 2.24) is 4.31 Å². The zero-order chi connectivity index (χ0) is 18.1. The van der Waals surface area contributed by atoms with E-state index >= 15 is 0 Å². The van der Waals surface area contributed by atoms with Crippen molar-refractivity contribution in [3.05, 3.63) is 46.8 Å². The van der Waals surface area contributed by atoms with E-state index in [1.165, 1.54) is 15.6 Å². The Hall–Kier alpha value is -1.42. The molecule has 6 nitrogen and oxygen atoms in total. The summed E-state index contributed by atoms with van der Waals surface area (Å²) in [5, 5.41) is 1.74. The number of benzene rings is 1. The van der Waals surface area contributed by atoms with Crippen molar-refractivity contribution in [3.63, 3.8) is 0 Å². The lowest BCUT2D eigenvalue weighted by atomic mass is 10.0. The molecule has 136 valence electrons. The van der Waals surface area contributed by atoms with Gasteiger partial charge in [-0.1, -0.05) is 19.1 Å². The third kappa shape index (κ3) is 4.05. The highest BCUT2D eigenvalue weighted by Crippen LogP contribution is 2.29. The van der Waals surface area contributed by atoms with Gasteiger partial charge in [-0.25, -0.2) is 16.8 Å². The Morgan fingerprint density at radius 3 is 2.64 bits per heavy atom. The molecular weight excluding hydrogens is 380 g/mol. The molecule has 0 saturated heterocycles. The van der Waals surface area contributed by atoms with Crippen molar-refractivity contribution < 1.29 is 16.8 Å². The molecule has 3 rings (SSSR count). The summed E-state index contributed by atoms with van der Waals surface area (Å²) in [6, 6.07) is 8.66. The number of fused-ring (bicyclic) bond motifs is 1. The molecule has 0 radical (unpaired) electrons. The second-order valence-corrected chi connectivity index (χ2v) is 10.9. The maximum atomic E-state index is 12.7. The molecule has 1 aromatic heterocycles. The highest BCUT2D eigenvalue weighted by molar-refractivity contribution is 7.92. The smallest absolute Gasteiger partial charge is 0.252 e. The fourth-order valence-corrected chi connectivity index (χ4v) is 6.53. The molecule has 25 heavy (non-hydrogen) atoms. The fraction of sp³-hybridized carbons (Fsp3) is 0.375. The normalized spacial score (nSPS) is 15.7. The molecule has 1 aliphatic heterocycles. The van der Waals surface area contributed by atoms with Crippen LogP contribution in [0, 0.1) is 0 Å². The first kappa shape index (κ1) is 18.4. The quantitative estimate of drug-likeness (QED) is 0.808. The van der Waals surface area contributed by atoms with Crippen molar-refractivity contribution in [3.8, 4) is 0 Å². The molecule has 2 heterocycles. The van der Waals surface area contributed by atoms with Gasteiger partial charge in [0.15, 0.2) is 0 Å². The Morgan fingerprint density at radius 2 is 1.96 bits per heavy atom. The predicted octanol–water partition coefficient (Wildman–Crippen LogP) is 2.65. The van der Waals surface area contributed by atoms with Crippen molar-refractivity contribution in [2.75, 3.05) is 17.0 Å². The molecule has 0 saturated carbocycles. The highest BCUT2D eigenvalue weighted by Gasteiger charge is 2.29. The number of nitrogens with zero attached hydrogens (tertiary/aromatic N) is 1. The summed E-state index contributed by atoms with van der Waals surface area (Å²) >= 11 is 1.20. The van der Waals surface area contributed by atoms with Gasteiger partial charge in [-0.2, -0.15) is 4.31 Å². The molecule has 0 amide bonds. The fourth-order valence-electron chi connectivity index (χ4n) is 2.84. The SMILES string of the molecule is CCCS(=O)(=O)Nc1ccc2c(c1)CN(S(=O)(=O)c1cccs1)CC2. The van der Waals surface area contributed by atoms with Gasteiger partial charge in [0.1, 0.15) is 4.21 Å². The average molecular weight is 401 g/mol. The lowest BCUT2D eigenvalue weighted by Crippen LogP contribution is -2.35. The third-order valence-corrected chi connectivity index (χ3v) is 8.73. The van der Waals surface area contributed by atoms with E-state index in [2.05, 4.69) is 4.72 Å². The lowest BCUT2D eigenvalue weighted by molar-refractivity contribution is 0.392. The standard InChI is InChI=1S/C16H20N2O4S3/c1-2-10-24(19,20)17-15-6-5-13-7-8-18(12-14(13)11-15)25(21,22)16-4-3-9-23-16/h3-6,9,11,17H,2,7-8,10,12H2,1H3. The summed E-state index contributed by atoms with van der Waals surface area (Å²) in [7, 11) is -6.87. The van der Waals surface area contributed by atoms with Crippen LogP contribution in [0.3, 0.4) is 0 Å². The van der Waals surface area contributed by atoms with Crippen molar-refractivity contribution in [2.24, 2.45) is 0 Å². The van der Waals surface area contributed by atoms with Crippen LogP contribution < -0.4 is 4.72 Å². The highest BCUT2D eigenvalue weighted by atomic mass is 32.2. The Morgan fingerprint density at radius 1 is 1.16 bits per heavy atom. The molecule has 1 aromatic carbocycles. The number of sulfonamides is 2. The third-order valence-electron chi connectivity index (χ3n) is 4.02. The first-order valence-electron chi connectivity index (χ1n) is 7.98. The minimum Gasteiger partial charge on any atom is -0.284 e. The zero-order valence-electron chi connectivity index (χ0n) is 13.8. The summed E-state index contributed by atoms with van der Waals surface area (Å²) in [6.07, 6.45) is 1.15. The first-order valence-corrected chi connectivity index (χ1v) is 11.9. The molecule has 0 unspecified atom stereocenters. The lowest BCUT2D eigenvalue weighted by Gasteiger charge is -2.28. The second-order valence-electron chi connectivity index (χ2n) is 5.93. The van der Waals surface area contributed by atoms with Crippen LogP contribution in [0.25, 0.3) is 0 Å². The molecule has 0 fully saturated rings. The number of rotatable bonds is 6. The predicted molar refractivity (Wildman–Crippen MR) is 99.8 cm³/mol. The molecule has 9 heteroatoms. The zero-order valence-corrected chi connectivity index (χ0v) is 16.3. The number of thiophene rings is 1. The van der Waals surface area contributed by atoms with Crippen LogP contribution in [0.5, 0.6) is 0 Å². The molecule has 1 N–H and O–H groups in total. The van der Waals surface area contributed by atoms with Gasteiger partial charge >= 0.3 is 0 Å². The Balaban J connectivity index is 1.84. The van der Waals surface area contributed by atoms with Crippen LogP contribution in [0.15, 0.2) is 39.9 Å². The number of anilines is 1. The number of hydrogen-bond acceptors (Lipinski definition) is 5. The van der Waals surface area contributed by atoms with E-state index in [4.69, 9.17) is 0 Å². The van der Waals surface area contributed by atoms with Gasteiger partial charge in [-0.15, -0.1) is 11.3 Å². The molecule has 0 spiro atoms. The van der Waals surface area contributed by atoms with Gasteiger partial charge in [0.05, 0.1) is 5.75 Å². The maximum Gasteiger partial charge on any atom is 0.252 e. The van der Waals surface area contributed by atoms with Gasteiger partial charge in [0.25, 0.3) is 10.0 Å². The van der Waals surface area contributed by atoms with Crippen LogP contribution in [-0.2, 0) is 33.0 Å². The summed E-state index contributed by atoms with van der Waals surface area (Å²) in [4.78, 5) is 0. The van der Waals surface area contributed by atoms with Gasteiger partial charge in [-0.3, -0.25) is 4.72 Å². The molecule has 2 aromatic rings. The topological polar surface area (TPSA) is 83.6 Å². The number of nitrogens with one attached hydrogen (secondary N) is 1. The summed E-state index contributed by atoms with van der Waals surface area (Å²) < 4.78 is 53.6. The van der Waals surface area contributed by atoms with Gasteiger partial charge in [-0.05, 0) is 47.5 Å².